The third-order valence-corrected chi connectivity index (χ3v) is 1.92. The van der Waals surface area contributed by atoms with Crippen LogP contribution in [0.2, 0.25) is 0 Å². The summed E-state index contributed by atoms with van der Waals surface area (Å²) >= 11 is 3.33. The van der Waals surface area contributed by atoms with Crippen molar-refractivity contribution in [3.8, 4) is 5.75 Å². The van der Waals surface area contributed by atoms with Gasteiger partial charge < -0.3 is 4.74 Å². The minimum atomic E-state index is 0.703. The van der Waals surface area contributed by atoms with Gasteiger partial charge in [0.05, 0.1) is 6.61 Å². The Kier molecular flexibility index (Phi) is 4.61. The lowest BCUT2D eigenvalue weighted by molar-refractivity contribution is 0.344. The molecule has 0 N–H and O–H groups in total. The summed E-state index contributed by atoms with van der Waals surface area (Å²) in [5.74, 6) is 0.944. The predicted octanol–water partition coefficient (Wildman–Crippen LogP) is 3.49. The van der Waals surface area contributed by atoms with Crippen LogP contribution < -0.4 is 4.74 Å². The zero-order chi connectivity index (χ0) is 9.52. The third kappa shape index (κ3) is 3.23. The van der Waals surface area contributed by atoms with E-state index in [4.69, 9.17) is 4.74 Å². The highest BCUT2D eigenvalue weighted by Gasteiger charge is 1.97. The standard InChI is InChI=1S/C11H13BrO/c1-2-5-10-6-3-4-7-11(10)13-9-8-12/h2-7H,8-9H2,1H3/b5-2+. The molecule has 0 radical (unpaired) electrons. The number of para-hydroxylation sites is 1. The lowest BCUT2D eigenvalue weighted by Gasteiger charge is -2.06. The molecular weight excluding hydrogens is 228 g/mol. The molecule has 0 saturated heterocycles. The molecule has 0 saturated carbocycles. The molecule has 0 amide bonds. The second-order valence-corrected chi connectivity index (χ2v) is 3.37. The van der Waals surface area contributed by atoms with Gasteiger partial charge in [0.1, 0.15) is 5.75 Å². The van der Waals surface area contributed by atoms with E-state index in [-0.39, 0.29) is 0 Å². The van der Waals surface area contributed by atoms with Gasteiger partial charge in [-0.2, -0.15) is 0 Å². The highest BCUT2D eigenvalue weighted by atomic mass is 79.9. The minimum Gasteiger partial charge on any atom is -0.492 e. The molecule has 1 aromatic rings. The van der Waals surface area contributed by atoms with Gasteiger partial charge in [-0.15, -0.1) is 0 Å². The van der Waals surface area contributed by atoms with Gasteiger partial charge in [0.2, 0.25) is 0 Å². The lowest BCUT2D eigenvalue weighted by atomic mass is 10.2. The fourth-order valence-electron chi connectivity index (χ4n) is 1.08. The van der Waals surface area contributed by atoms with E-state index in [0.717, 1.165) is 16.6 Å². The van der Waals surface area contributed by atoms with Gasteiger partial charge in [0.25, 0.3) is 0 Å². The topological polar surface area (TPSA) is 9.23 Å². The van der Waals surface area contributed by atoms with E-state index in [1.165, 1.54) is 0 Å². The summed E-state index contributed by atoms with van der Waals surface area (Å²) in [5, 5.41) is 0.858. The van der Waals surface area contributed by atoms with Gasteiger partial charge in [-0.25, -0.2) is 0 Å². The molecule has 1 aromatic carbocycles. The third-order valence-electron chi connectivity index (χ3n) is 1.60. The lowest BCUT2D eigenvalue weighted by Crippen LogP contribution is -1.98. The smallest absolute Gasteiger partial charge is 0.126 e. The van der Waals surface area contributed by atoms with Crippen molar-refractivity contribution in [3.05, 3.63) is 35.9 Å². The molecular formula is C11H13BrO. The van der Waals surface area contributed by atoms with Crippen molar-refractivity contribution in [2.24, 2.45) is 0 Å². The van der Waals surface area contributed by atoms with Crippen LogP contribution in [0.1, 0.15) is 12.5 Å². The molecule has 0 aliphatic rings. The van der Waals surface area contributed by atoms with Crippen LogP contribution in [0.25, 0.3) is 6.08 Å². The van der Waals surface area contributed by atoms with Gasteiger partial charge in [0.15, 0.2) is 0 Å². The Morgan fingerprint density at radius 1 is 1.38 bits per heavy atom. The molecule has 0 spiro atoms. The number of rotatable bonds is 4. The van der Waals surface area contributed by atoms with E-state index in [9.17, 15) is 0 Å². The maximum Gasteiger partial charge on any atom is 0.126 e. The van der Waals surface area contributed by atoms with Crippen LogP contribution >= 0.6 is 15.9 Å². The highest BCUT2D eigenvalue weighted by Crippen LogP contribution is 2.19. The van der Waals surface area contributed by atoms with Crippen LogP contribution in [0.4, 0.5) is 0 Å². The largest absolute Gasteiger partial charge is 0.492 e. The molecule has 1 nitrogen and oxygen atoms in total. The van der Waals surface area contributed by atoms with Crippen molar-refractivity contribution < 1.29 is 4.74 Å². The van der Waals surface area contributed by atoms with Gasteiger partial charge in [-0.3, -0.25) is 0 Å². The average Bonchev–Trinajstić information content (AvgIpc) is 2.17. The summed E-state index contributed by atoms with van der Waals surface area (Å²) in [7, 11) is 0. The van der Waals surface area contributed by atoms with Crippen LogP contribution in [0.5, 0.6) is 5.75 Å². The number of hydrogen-bond donors (Lipinski definition) is 0. The quantitative estimate of drug-likeness (QED) is 0.733. The zero-order valence-electron chi connectivity index (χ0n) is 7.66. The first kappa shape index (κ1) is 10.3. The number of hydrogen-bond acceptors (Lipinski definition) is 1. The van der Waals surface area contributed by atoms with Crippen molar-refractivity contribution in [3.63, 3.8) is 0 Å². The van der Waals surface area contributed by atoms with Crippen LogP contribution in [0.3, 0.4) is 0 Å². The Morgan fingerprint density at radius 3 is 2.85 bits per heavy atom. The summed E-state index contributed by atoms with van der Waals surface area (Å²) in [6, 6.07) is 8.02. The maximum atomic E-state index is 5.54. The summed E-state index contributed by atoms with van der Waals surface area (Å²) in [5.41, 5.74) is 1.13. The van der Waals surface area contributed by atoms with Crippen LogP contribution in [-0.2, 0) is 0 Å². The highest BCUT2D eigenvalue weighted by molar-refractivity contribution is 9.09. The van der Waals surface area contributed by atoms with Crippen molar-refractivity contribution in [1.82, 2.24) is 0 Å². The molecule has 0 heterocycles. The summed E-state index contributed by atoms with van der Waals surface area (Å²) < 4.78 is 5.54. The summed E-state index contributed by atoms with van der Waals surface area (Å²) in [6.07, 6.45) is 4.06. The van der Waals surface area contributed by atoms with E-state index in [1.54, 1.807) is 0 Å². The average molecular weight is 241 g/mol. The Bertz CT molecular complexity index is 281. The number of ether oxygens (including phenoxy) is 1. The van der Waals surface area contributed by atoms with Crippen molar-refractivity contribution in [1.29, 1.82) is 0 Å². The Labute approximate surface area is 87.5 Å². The fraction of sp³-hybridized carbons (Fsp3) is 0.273. The molecule has 0 atom stereocenters. The number of benzene rings is 1. The molecule has 70 valence electrons. The molecule has 0 aliphatic carbocycles. The van der Waals surface area contributed by atoms with Crippen LogP contribution in [0.15, 0.2) is 30.3 Å². The predicted molar refractivity (Wildman–Crippen MR) is 60.4 cm³/mol. The molecule has 13 heavy (non-hydrogen) atoms. The van der Waals surface area contributed by atoms with Gasteiger partial charge in [-0.05, 0) is 13.0 Å². The molecule has 1 rings (SSSR count). The Hall–Kier alpha value is -0.760. The molecule has 2 heteroatoms. The minimum absolute atomic E-state index is 0.703. The van der Waals surface area contributed by atoms with E-state index < -0.39 is 0 Å². The first-order chi connectivity index (χ1) is 6.38. The van der Waals surface area contributed by atoms with Crippen molar-refractivity contribution in [2.45, 2.75) is 6.92 Å². The van der Waals surface area contributed by atoms with E-state index in [0.29, 0.717) is 6.61 Å². The molecule has 0 fully saturated rings. The summed E-state index contributed by atoms with van der Waals surface area (Å²) in [4.78, 5) is 0. The van der Waals surface area contributed by atoms with Gasteiger partial charge in [-0.1, -0.05) is 46.3 Å². The Morgan fingerprint density at radius 2 is 2.15 bits per heavy atom. The second kappa shape index (κ2) is 5.81. The van der Waals surface area contributed by atoms with Crippen molar-refractivity contribution in [2.75, 3.05) is 11.9 Å². The molecule has 0 aromatic heterocycles. The molecule has 0 unspecified atom stereocenters. The zero-order valence-corrected chi connectivity index (χ0v) is 9.25. The Balaban J connectivity index is 2.78. The number of halogens is 1. The monoisotopic (exact) mass is 240 g/mol. The van der Waals surface area contributed by atoms with Gasteiger partial charge in [0, 0.05) is 10.9 Å². The first-order valence-electron chi connectivity index (χ1n) is 4.29. The van der Waals surface area contributed by atoms with Crippen LogP contribution in [-0.4, -0.2) is 11.9 Å². The van der Waals surface area contributed by atoms with Gasteiger partial charge >= 0.3 is 0 Å². The molecule has 0 aliphatic heterocycles. The van der Waals surface area contributed by atoms with E-state index in [1.807, 2.05) is 43.3 Å². The first-order valence-corrected chi connectivity index (χ1v) is 5.41. The number of alkyl halides is 1. The summed E-state index contributed by atoms with van der Waals surface area (Å²) in [6.45, 7) is 2.70. The van der Waals surface area contributed by atoms with E-state index >= 15 is 0 Å². The van der Waals surface area contributed by atoms with E-state index in [2.05, 4.69) is 15.9 Å². The number of allylic oxidation sites excluding steroid dienone is 1. The maximum absolute atomic E-state index is 5.54. The SMILES string of the molecule is C/C=C/c1ccccc1OCCBr. The molecule has 0 bridgehead atoms. The normalized spacial score (nSPS) is 10.6. The fourth-order valence-corrected chi connectivity index (χ4v) is 1.24. The second-order valence-electron chi connectivity index (χ2n) is 2.58. The van der Waals surface area contributed by atoms with Crippen LogP contribution in [0, 0.1) is 0 Å². The van der Waals surface area contributed by atoms with Crippen molar-refractivity contribution >= 4 is 22.0 Å².